The van der Waals surface area contributed by atoms with Gasteiger partial charge in [-0.05, 0) is 37.6 Å². The van der Waals surface area contributed by atoms with Gasteiger partial charge in [-0.2, -0.15) is 0 Å². The van der Waals surface area contributed by atoms with Gasteiger partial charge in [0.05, 0.1) is 23.4 Å². The maximum atomic E-state index is 14.8. The third-order valence-electron chi connectivity index (χ3n) is 6.50. The number of urea groups is 1. The second-order valence-corrected chi connectivity index (χ2v) is 9.12. The van der Waals surface area contributed by atoms with E-state index in [0.29, 0.717) is 12.0 Å². The van der Waals surface area contributed by atoms with Crippen LogP contribution >= 0.6 is 0 Å². The van der Waals surface area contributed by atoms with Crippen LogP contribution in [0.1, 0.15) is 40.5 Å². The minimum atomic E-state index is -0.895. The number of aromatic amines is 1. The fourth-order valence-corrected chi connectivity index (χ4v) is 4.46. The summed E-state index contributed by atoms with van der Waals surface area (Å²) in [5, 5.41) is 5.08. The molecule has 1 fully saturated rings. The number of aromatic nitrogens is 1. The third kappa shape index (κ3) is 6.45. The normalized spacial score (nSPS) is 13.2. The monoisotopic (exact) mass is 551 g/mol. The molecule has 1 aliphatic rings. The van der Waals surface area contributed by atoms with Crippen LogP contribution < -0.4 is 10.6 Å². The highest BCUT2D eigenvalue weighted by Crippen LogP contribution is 2.29. The number of H-pyrrole nitrogens is 1. The predicted molar refractivity (Wildman–Crippen MR) is 144 cm³/mol. The molecule has 3 N–H and O–H groups in total. The molecule has 3 aromatic rings. The number of anilines is 1. The summed E-state index contributed by atoms with van der Waals surface area (Å²) < 4.78 is 19.7. The molecule has 11 nitrogen and oxygen atoms in total. The van der Waals surface area contributed by atoms with E-state index in [1.54, 1.807) is 36.1 Å². The zero-order valence-corrected chi connectivity index (χ0v) is 22.0. The van der Waals surface area contributed by atoms with Gasteiger partial charge >= 0.3 is 12.0 Å². The number of esters is 1. The van der Waals surface area contributed by atoms with Gasteiger partial charge in [0.25, 0.3) is 17.6 Å². The second kappa shape index (κ2) is 12.9. The third-order valence-corrected chi connectivity index (χ3v) is 6.50. The number of nitrogens with one attached hydrogen (secondary N) is 3. The van der Waals surface area contributed by atoms with E-state index in [2.05, 4.69) is 15.6 Å². The number of hydrogen-bond acceptors (Lipinski definition) is 6. The zero-order valence-electron chi connectivity index (χ0n) is 22.0. The van der Waals surface area contributed by atoms with E-state index < -0.39 is 23.5 Å². The fourth-order valence-electron chi connectivity index (χ4n) is 4.46. The molecule has 0 bridgehead atoms. The lowest BCUT2D eigenvalue weighted by molar-refractivity contribution is -0.143. The molecule has 40 heavy (non-hydrogen) atoms. The van der Waals surface area contributed by atoms with Crippen LogP contribution in [0.5, 0.6) is 0 Å². The molecule has 0 saturated carbocycles. The van der Waals surface area contributed by atoms with Crippen molar-refractivity contribution in [3.05, 3.63) is 65.6 Å². The number of benzene rings is 2. The molecule has 12 heteroatoms. The summed E-state index contributed by atoms with van der Waals surface area (Å²) in [6.45, 7) is 3.05. The molecule has 0 unspecified atom stereocenters. The number of halogens is 1. The number of hydrogen-bond donors (Lipinski definition) is 3. The van der Waals surface area contributed by atoms with Gasteiger partial charge < -0.3 is 30.2 Å². The molecule has 1 aliphatic heterocycles. The molecule has 0 atom stereocenters. The molecule has 4 rings (SSSR count). The number of nitrogens with zero attached hydrogens (tertiary/aromatic N) is 2. The number of carbonyl (C=O) groups excluding carboxylic acids is 5. The summed E-state index contributed by atoms with van der Waals surface area (Å²) in [4.78, 5) is 68.3. The molecule has 1 saturated heterocycles. The Balaban J connectivity index is 1.38. The van der Waals surface area contributed by atoms with Crippen LogP contribution in [0.3, 0.4) is 0 Å². The smallest absolute Gasteiger partial charge is 0.319 e. The Kier molecular flexibility index (Phi) is 9.10. The van der Waals surface area contributed by atoms with E-state index in [1.165, 1.54) is 17.2 Å². The summed E-state index contributed by atoms with van der Waals surface area (Å²) in [6.07, 6.45) is 1.78. The second-order valence-electron chi connectivity index (χ2n) is 9.12. The van der Waals surface area contributed by atoms with Gasteiger partial charge in [-0.1, -0.05) is 18.2 Å². The first kappa shape index (κ1) is 28.3. The van der Waals surface area contributed by atoms with Crippen LogP contribution in [0.2, 0.25) is 0 Å². The Labute approximate surface area is 229 Å². The van der Waals surface area contributed by atoms with Crippen LogP contribution in [-0.2, 0) is 14.3 Å². The van der Waals surface area contributed by atoms with E-state index in [9.17, 15) is 28.4 Å². The summed E-state index contributed by atoms with van der Waals surface area (Å²) in [6, 6.07) is 10.6. The predicted octanol–water partition coefficient (Wildman–Crippen LogP) is 2.94. The molecule has 1 aromatic heterocycles. The Bertz CT molecular complexity index is 1420. The van der Waals surface area contributed by atoms with Crippen LogP contribution in [0.4, 0.5) is 14.9 Å². The molecule has 0 spiro atoms. The van der Waals surface area contributed by atoms with Crippen molar-refractivity contribution in [3.8, 4) is 0 Å². The Morgan fingerprint density at radius 2 is 1.68 bits per heavy atom. The molecule has 210 valence electrons. The van der Waals surface area contributed by atoms with Gasteiger partial charge in [-0.15, -0.1) is 0 Å². The van der Waals surface area contributed by atoms with E-state index in [4.69, 9.17) is 4.74 Å². The molecule has 4 amide bonds. The van der Waals surface area contributed by atoms with Gasteiger partial charge in [-0.25, -0.2) is 9.18 Å². The summed E-state index contributed by atoms with van der Waals surface area (Å²) >= 11 is 0. The van der Waals surface area contributed by atoms with Crippen LogP contribution in [0.25, 0.3) is 10.9 Å². The number of carbonyl (C=O) groups is 5. The van der Waals surface area contributed by atoms with E-state index in [1.807, 2.05) is 6.07 Å². The van der Waals surface area contributed by atoms with Gasteiger partial charge in [0, 0.05) is 56.3 Å². The Morgan fingerprint density at radius 1 is 0.975 bits per heavy atom. The molecular formula is C28H30FN5O6. The van der Waals surface area contributed by atoms with Crippen LogP contribution in [0.15, 0.2) is 48.7 Å². The van der Waals surface area contributed by atoms with Crippen LogP contribution in [-0.4, -0.2) is 83.7 Å². The lowest BCUT2D eigenvalue weighted by Crippen LogP contribution is -2.52. The quantitative estimate of drug-likeness (QED) is 0.162. The zero-order chi connectivity index (χ0) is 28.6. The lowest BCUT2D eigenvalue weighted by atomic mass is 10.1. The minimum absolute atomic E-state index is 0.114. The van der Waals surface area contributed by atoms with Crippen molar-refractivity contribution in [1.29, 1.82) is 0 Å². The maximum Gasteiger partial charge on any atom is 0.319 e. The van der Waals surface area contributed by atoms with Crippen molar-refractivity contribution in [1.82, 2.24) is 20.1 Å². The van der Waals surface area contributed by atoms with Gasteiger partial charge in [0.15, 0.2) is 0 Å². The van der Waals surface area contributed by atoms with Gasteiger partial charge in [-0.3, -0.25) is 19.2 Å². The standard InChI is InChI=1S/C28H30FN5O6/c1-2-40-22(35)9-6-12-30-28(39)32-21-11-10-20(29)23-19(17-31-24(21)23)25(36)27(38)34-15-13-33(14-16-34)26(37)18-7-4-3-5-8-18/h3-5,7-8,10-11,17,31H,2,6,9,12-16H2,1H3,(H2,30,32,39). The van der Waals surface area contributed by atoms with E-state index in [-0.39, 0.29) is 79.8 Å². The van der Waals surface area contributed by atoms with Crippen molar-refractivity contribution in [3.63, 3.8) is 0 Å². The Hall–Kier alpha value is -4.74. The highest BCUT2D eigenvalue weighted by molar-refractivity contribution is 6.45. The average Bonchev–Trinajstić information content (AvgIpc) is 3.43. The minimum Gasteiger partial charge on any atom is -0.466 e. The van der Waals surface area contributed by atoms with Crippen molar-refractivity contribution in [2.45, 2.75) is 19.8 Å². The van der Waals surface area contributed by atoms with Crippen LogP contribution in [0, 0.1) is 5.82 Å². The van der Waals surface area contributed by atoms with Gasteiger partial charge in [0.1, 0.15) is 5.82 Å². The molecule has 2 heterocycles. The number of fused-ring (bicyclic) bond motifs is 1. The summed E-state index contributed by atoms with van der Waals surface area (Å²) in [7, 11) is 0. The summed E-state index contributed by atoms with van der Waals surface area (Å²) in [5.74, 6) is -2.93. The lowest BCUT2D eigenvalue weighted by Gasteiger charge is -2.34. The number of Topliss-reactive ketones (excluding diaryl/α,β-unsaturated/α-hetero) is 1. The topological polar surface area (TPSA) is 141 Å². The molecule has 0 radical (unpaired) electrons. The van der Waals surface area contributed by atoms with Crippen molar-refractivity contribution in [2.24, 2.45) is 0 Å². The van der Waals surface area contributed by atoms with Crippen molar-refractivity contribution < 1.29 is 33.1 Å². The molecule has 2 aromatic carbocycles. The highest BCUT2D eigenvalue weighted by Gasteiger charge is 2.31. The van der Waals surface area contributed by atoms with E-state index in [0.717, 1.165) is 6.07 Å². The number of amides is 4. The highest BCUT2D eigenvalue weighted by atomic mass is 19.1. The SMILES string of the molecule is CCOC(=O)CCCNC(=O)Nc1ccc(F)c2c(C(=O)C(=O)N3CCN(C(=O)c4ccccc4)CC3)c[nH]c12. The number of ketones is 1. The first-order valence-electron chi connectivity index (χ1n) is 13.0. The van der Waals surface area contributed by atoms with Crippen molar-refractivity contribution in [2.75, 3.05) is 44.6 Å². The number of ether oxygens (including phenoxy) is 1. The van der Waals surface area contributed by atoms with E-state index >= 15 is 0 Å². The Morgan fingerprint density at radius 3 is 2.38 bits per heavy atom. The first-order chi connectivity index (χ1) is 19.3. The number of rotatable bonds is 9. The molecular weight excluding hydrogens is 521 g/mol. The largest absolute Gasteiger partial charge is 0.466 e. The van der Waals surface area contributed by atoms with Gasteiger partial charge in [0.2, 0.25) is 0 Å². The first-order valence-corrected chi connectivity index (χ1v) is 13.0. The van der Waals surface area contributed by atoms with Crippen molar-refractivity contribution >= 4 is 46.2 Å². The molecule has 0 aliphatic carbocycles. The number of piperazine rings is 1. The fraction of sp³-hybridized carbons (Fsp3) is 0.321. The maximum absolute atomic E-state index is 14.8. The average molecular weight is 552 g/mol. The summed E-state index contributed by atoms with van der Waals surface area (Å²) in [5.41, 5.74) is 0.746.